The number of halogens is 5. The number of aliphatic hydroxyl groups is 1. The Balaban J connectivity index is 0.00000284. The Labute approximate surface area is 250 Å². The Morgan fingerprint density at radius 1 is 0.975 bits per heavy atom. The smallest absolute Gasteiger partial charge is 0.388 e. The van der Waals surface area contributed by atoms with E-state index in [4.69, 9.17) is 23.2 Å². The molecule has 0 heterocycles. The van der Waals surface area contributed by atoms with Crippen molar-refractivity contribution in [3.63, 3.8) is 0 Å². The largest absolute Gasteiger partial charge is 0.416 e. The van der Waals surface area contributed by atoms with Gasteiger partial charge in [-0.1, -0.05) is 97.2 Å². The third-order valence-electron chi connectivity index (χ3n) is 6.04. The molecule has 2 rings (SSSR count). The number of alkyl halides is 3. The molecule has 228 valence electrons. The first-order chi connectivity index (χ1) is 18.9. The van der Waals surface area contributed by atoms with E-state index in [-0.39, 0.29) is 6.42 Å². The zero-order chi connectivity index (χ0) is 30.9. The average Bonchev–Trinajstić information content (AvgIpc) is 2.88. The molecule has 40 heavy (non-hydrogen) atoms. The Kier molecular flexibility index (Phi) is 19.6. The van der Waals surface area contributed by atoms with Crippen LogP contribution in [0.4, 0.5) is 13.2 Å². The van der Waals surface area contributed by atoms with Crippen molar-refractivity contribution in [1.82, 2.24) is 4.90 Å². The van der Waals surface area contributed by atoms with Crippen LogP contribution in [0.15, 0.2) is 29.8 Å². The van der Waals surface area contributed by atoms with E-state index in [9.17, 15) is 18.3 Å². The topological polar surface area (TPSA) is 23.5 Å². The lowest BCUT2D eigenvalue weighted by Gasteiger charge is -2.22. The van der Waals surface area contributed by atoms with E-state index in [2.05, 4.69) is 39.2 Å². The van der Waals surface area contributed by atoms with E-state index in [0.29, 0.717) is 43.2 Å². The summed E-state index contributed by atoms with van der Waals surface area (Å²) in [6.45, 7) is 21.2. The molecule has 1 unspecified atom stereocenters. The third kappa shape index (κ3) is 12.5. The fourth-order valence-electron chi connectivity index (χ4n) is 4.35. The standard InChI is InChI=1S/C28H36Cl2F3NO.C3H8.C2H6/c1-5-8-13-34(12-7-3)14-9-11-26(35)24-15-19(4)22(16-20(10-6-2)28(31,32)33)23-17-21(29)18-25(30)27(23)24;1-3-2;1-2/h10,15-18,26,35H,4-9,11-14H2,1-3H3;3H2,1-2H3;1-2H3/b20-10+,22-16+;;. The molecule has 0 bridgehead atoms. The van der Waals surface area contributed by atoms with Crippen LogP contribution < -0.4 is 10.4 Å². The second kappa shape index (κ2) is 20.4. The van der Waals surface area contributed by atoms with Crippen molar-refractivity contribution in [2.24, 2.45) is 0 Å². The molecule has 0 aromatic heterocycles. The van der Waals surface area contributed by atoms with Crippen molar-refractivity contribution < 1.29 is 18.3 Å². The van der Waals surface area contributed by atoms with Gasteiger partial charge in [0.25, 0.3) is 0 Å². The molecule has 0 aliphatic carbocycles. The second-order valence-electron chi connectivity index (χ2n) is 9.62. The van der Waals surface area contributed by atoms with E-state index < -0.39 is 17.9 Å². The fourth-order valence-corrected chi connectivity index (χ4v) is 4.95. The van der Waals surface area contributed by atoms with Gasteiger partial charge in [0.15, 0.2) is 0 Å². The number of unbranched alkanes of at least 4 members (excludes halogenated alkanes) is 1. The Morgan fingerprint density at radius 2 is 1.57 bits per heavy atom. The molecule has 1 atom stereocenters. The zero-order valence-corrected chi connectivity index (χ0v) is 27.0. The average molecular weight is 605 g/mol. The Bertz CT molecular complexity index is 1150. The zero-order valence-electron chi connectivity index (χ0n) is 25.5. The molecule has 2 aromatic carbocycles. The summed E-state index contributed by atoms with van der Waals surface area (Å²) in [5.74, 6) is 0. The van der Waals surface area contributed by atoms with Crippen molar-refractivity contribution in [1.29, 1.82) is 0 Å². The van der Waals surface area contributed by atoms with Gasteiger partial charge in [0.1, 0.15) is 0 Å². The molecule has 0 amide bonds. The van der Waals surface area contributed by atoms with Crippen LogP contribution in [0.1, 0.15) is 105 Å². The second-order valence-corrected chi connectivity index (χ2v) is 10.5. The quantitative estimate of drug-likeness (QED) is 0.261. The minimum Gasteiger partial charge on any atom is -0.388 e. The monoisotopic (exact) mass is 603 g/mol. The summed E-state index contributed by atoms with van der Waals surface area (Å²) in [4.78, 5) is 2.41. The summed E-state index contributed by atoms with van der Waals surface area (Å²) in [7, 11) is 0. The van der Waals surface area contributed by atoms with Crippen LogP contribution in [0, 0.1) is 0 Å². The van der Waals surface area contributed by atoms with E-state index in [0.717, 1.165) is 57.5 Å². The molecule has 0 spiro atoms. The van der Waals surface area contributed by atoms with Crippen LogP contribution in [0.2, 0.25) is 10.0 Å². The van der Waals surface area contributed by atoms with Gasteiger partial charge in [-0.05, 0) is 97.4 Å². The predicted molar refractivity (Wildman–Crippen MR) is 171 cm³/mol. The van der Waals surface area contributed by atoms with Gasteiger partial charge in [0.05, 0.1) is 16.7 Å². The molecule has 0 saturated carbocycles. The summed E-state index contributed by atoms with van der Waals surface area (Å²) >= 11 is 12.8. The number of rotatable bonds is 12. The summed E-state index contributed by atoms with van der Waals surface area (Å²) in [6, 6.07) is 4.79. The summed E-state index contributed by atoms with van der Waals surface area (Å²) in [5, 5.41) is 13.3. The van der Waals surface area contributed by atoms with E-state index in [1.54, 1.807) is 25.1 Å². The molecular weight excluding hydrogens is 554 g/mol. The Morgan fingerprint density at radius 3 is 2.10 bits per heavy atom. The highest BCUT2D eigenvalue weighted by Gasteiger charge is 2.31. The van der Waals surface area contributed by atoms with Gasteiger partial charge in [-0.3, -0.25) is 0 Å². The molecule has 2 aromatic rings. The molecule has 1 N–H and O–H groups in total. The van der Waals surface area contributed by atoms with Gasteiger partial charge in [-0.25, -0.2) is 0 Å². The maximum Gasteiger partial charge on any atom is 0.416 e. The summed E-state index contributed by atoms with van der Waals surface area (Å²) in [6.07, 6.45) is 3.03. The maximum atomic E-state index is 13.6. The lowest BCUT2D eigenvalue weighted by Crippen LogP contribution is -2.28. The Hall–Kier alpha value is -1.53. The van der Waals surface area contributed by atoms with Gasteiger partial charge >= 0.3 is 6.18 Å². The van der Waals surface area contributed by atoms with Crippen LogP contribution in [0.3, 0.4) is 0 Å². The van der Waals surface area contributed by atoms with Gasteiger partial charge in [0, 0.05) is 10.4 Å². The third-order valence-corrected chi connectivity index (χ3v) is 6.56. The van der Waals surface area contributed by atoms with Crippen LogP contribution in [-0.2, 0) is 0 Å². The van der Waals surface area contributed by atoms with Crippen molar-refractivity contribution >= 4 is 46.6 Å². The molecule has 2 nitrogen and oxygen atoms in total. The lowest BCUT2D eigenvalue weighted by atomic mass is 9.94. The number of hydrogen-bond donors (Lipinski definition) is 1. The van der Waals surface area contributed by atoms with E-state index >= 15 is 0 Å². The fraction of sp³-hybridized carbons (Fsp3) is 0.576. The molecule has 0 fully saturated rings. The van der Waals surface area contributed by atoms with Gasteiger partial charge in [0.2, 0.25) is 0 Å². The number of nitrogens with zero attached hydrogens (tertiary/aromatic N) is 1. The van der Waals surface area contributed by atoms with Crippen LogP contribution in [0.5, 0.6) is 0 Å². The minimum atomic E-state index is -4.50. The highest BCUT2D eigenvalue weighted by atomic mass is 35.5. The molecule has 7 heteroatoms. The number of allylic oxidation sites excluding steroid dienone is 2. The molecular formula is C33H50Cl2F3NO. The molecule has 0 saturated heterocycles. The van der Waals surface area contributed by atoms with Crippen LogP contribution >= 0.6 is 23.2 Å². The maximum absolute atomic E-state index is 13.6. The highest BCUT2D eigenvalue weighted by molar-refractivity contribution is 6.39. The van der Waals surface area contributed by atoms with Gasteiger partial charge in [-0.15, -0.1) is 0 Å². The number of benzene rings is 2. The van der Waals surface area contributed by atoms with Crippen molar-refractivity contribution in [2.75, 3.05) is 19.6 Å². The summed E-state index contributed by atoms with van der Waals surface area (Å²) in [5.41, 5.74) is -0.189. The highest BCUT2D eigenvalue weighted by Crippen LogP contribution is 2.33. The SMILES string of the molecule is C=c1cc(C(O)CCCN(CCC)CCCC)c2c(Cl)cc(Cl)cc2/c1=C/C(=C\CC)C(F)(F)F.CC.CCC. The number of hydrogen-bond acceptors (Lipinski definition) is 2. The lowest BCUT2D eigenvalue weighted by molar-refractivity contribution is -0.0867. The van der Waals surface area contributed by atoms with Crippen LogP contribution in [-0.4, -0.2) is 35.8 Å². The first-order valence-corrected chi connectivity index (χ1v) is 15.5. The van der Waals surface area contributed by atoms with Crippen molar-refractivity contribution in [3.05, 3.63) is 55.9 Å². The number of fused-ring (bicyclic) bond motifs is 1. The minimum absolute atomic E-state index is 0.237. The molecule has 0 aliphatic rings. The van der Waals surface area contributed by atoms with Crippen molar-refractivity contribution in [2.45, 2.75) is 106 Å². The van der Waals surface area contributed by atoms with E-state index in [1.165, 1.54) is 6.42 Å². The van der Waals surface area contributed by atoms with Gasteiger partial charge < -0.3 is 10.0 Å². The van der Waals surface area contributed by atoms with Crippen LogP contribution in [0.25, 0.3) is 23.4 Å². The normalized spacial score (nSPS) is 13.2. The van der Waals surface area contributed by atoms with Gasteiger partial charge in [-0.2, -0.15) is 13.2 Å². The van der Waals surface area contributed by atoms with Crippen molar-refractivity contribution in [3.8, 4) is 0 Å². The molecule has 0 aliphatic heterocycles. The van der Waals surface area contributed by atoms with E-state index in [1.807, 2.05) is 13.8 Å². The first-order valence-electron chi connectivity index (χ1n) is 14.7. The predicted octanol–water partition coefficient (Wildman–Crippen LogP) is 10.0. The first kappa shape index (κ1) is 38.5. The number of aliphatic hydroxyl groups excluding tert-OH is 1. The summed E-state index contributed by atoms with van der Waals surface area (Å²) < 4.78 is 40.8. The molecule has 0 radical (unpaired) electrons.